The summed E-state index contributed by atoms with van der Waals surface area (Å²) in [5.74, 6) is -0.658. The van der Waals surface area contributed by atoms with Gasteiger partial charge in [0.25, 0.3) is 0 Å². The quantitative estimate of drug-likeness (QED) is 0.694. The number of hydrogen-bond acceptors (Lipinski definition) is 6. The number of hydrogen-bond donors (Lipinski definition) is 0. The molecule has 1 aromatic carbocycles. The second-order valence-corrected chi connectivity index (χ2v) is 11.3. The van der Waals surface area contributed by atoms with Crippen LogP contribution in [0, 0.1) is 5.41 Å². The highest BCUT2D eigenvalue weighted by atomic mass is 32.2. The fraction of sp³-hybridized carbons (Fsp3) is 0.478. The highest BCUT2D eigenvalue weighted by molar-refractivity contribution is 7.89. The molecule has 8 nitrogen and oxygen atoms in total. The number of sulfonamides is 1. The molecule has 1 spiro atoms. The van der Waals surface area contributed by atoms with Gasteiger partial charge < -0.3 is 9.15 Å². The average Bonchev–Trinajstić information content (AvgIpc) is 3.37. The molecule has 2 saturated heterocycles. The smallest absolute Gasteiger partial charge is 0.417 e. The van der Waals surface area contributed by atoms with Gasteiger partial charge in [0.05, 0.1) is 22.8 Å². The summed E-state index contributed by atoms with van der Waals surface area (Å²) in [6.07, 6.45) is 3.23. The van der Waals surface area contributed by atoms with Crippen LogP contribution in [0.1, 0.15) is 45.1 Å². The van der Waals surface area contributed by atoms with Crippen LogP contribution in [0.2, 0.25) is 0 Å². The molecule has 32 heavy (non-hydrogen) atoms. The lowest BCUT2D eigenvalue weighted by atomic mass is 9.68. The zero-order chi connectivity index (χ0) is 23.1. The van der Waals surface area contributed by atoms with Crippen LogP contribution in [0.5, 0.6) is 0 Å². The van der Waals surface area contributed by atoms with E-state index in [4.69, 9.17) is 9.15 Å². The summed E-state index contributed by atoms with van der Waals surface area (Å²) < 4.78 is 38.7. The Morgan fingerprint density at radius 1 is 1.16 bits per heavy atom. The predicted molar refractivity (Wildman–Crippen MR) is 116 cm³/mol. The minimum absolute atomic E-state index is 0.00178. The van der Waals surface area contributed by atoms with Crippen LogP contribution in [0.15, 0.2) is 58.2 Å². The van der Waals surface area contributed by atoms with Crippen LogP contribution in [-0.2, 0) is 19.6 Å². The van der Waals surface area contributed by atoms with Gasteiger partial charge in [0.1, 0.15) is 5.60 Å². The number of rotatable bonds is 3. The lowest BCUT2D eigenvalue weighted by Crippen LogP contribution is -2.54. The fourth-order valence-electron chi connectivity index (χ4n) is 4.71. The Morgan fingerprint density at radius 2 is 1.88 bits per heavy atom. The standard InChI is InChI=1S/C23H28N2O6S/c1-22(2,3)31-21(27)25-13-11-23(20(25)26)16-24(12-9-19(23)17-10-14-30-15-17)32(28,29)18-7-5-4-6-8-18/h4-8,10,14-15,19H,9,11-13,16H2,1-3H3. The van der Waals surface area contributed by atoms with E-state index in [0.29, 0.717) is 12.8 Å². The number of nitrogens with zero attached hydrogens (tertiary/aromatic N) is 2. The third-order valence-corrected chi connectivity index (χ3v) is 8.05. The SMILES string of the molecule is CC(C)(C)OC(=O)N1CCC2(CN(S(=O)(=O)c3ccccc3)CCC2c2ccoc2)C1=O. The number of carbonyl (C=O) groups excluding carboxylic acids is 2. The molecular formula is C23H28N2O6S. The van der Waals surface area contributed by atoms with Crippen LogP contribution in [0.4, 0.5) is 4.79 Å². The second kappa shape index (κ2) is 8.04. The summed E-state index contributed by atoms with van der Waals surface area (Å²) in [7, 11) is -3.78. The molecule has 172 valence electrons. The van der Waals surface area contributed by atoms with Crippen molar-refractivity contribution in [2.24, 2.45) is 5.41 Å². The van der Waals surface area contributed by atoms with Gasteiger partial charge in [-0.25, -0.2) is 18.1 Å². The van der Waals surface area contributed by atoms with Crippen molar-refractivity contribution in [2.45, 2.75) is 50.0 Å². The first-order valence-corrected chi connectivity index (χ1v) is 12.1. The Morgan fingerprint density at radius 3 is 2.50 bits per heavy atom. The Kier molecular flexibility index (Phi) is 5.67. The molecule has 0 radical (unpaired) electrons. The Hall–Kier alpha value is -2.65. The molecule has 2 aromatic rings. The van der Waals surface area contributed by atoms with E-state index in [1.165, 1.54) is 4.31 Å². The van der Waals surface area contributed by atoms with Crippen molar-refractivity contribution in [1.82, 2.24) is 9.21 Å². The largest absolute Gasteiger partial charge is 0.472 e. The number of piperidine rings is 1. The number of amides is 2. The van der Waals surface area contributed by atoms with Crippen molar-refractivity contribution in [3.63, 3.8) is 0 Å². The second-order valence-electron chi connectivity index (χ2n) is 9.39. The number of imide groups is 1. The van der Waals surface area contributed by atoms with Gasteiger partial charge in [-0.05, 0) is 57.4 Å². The van der Waals surface area contributed by atoms with E-state index in [2.05, 4.69) is 0 Å². The third-order valence-electron chi connectivity index (χ3n) is 6.19. The molecule has 4 rings (SSSR count). The molecule has 9 heteroatoms. The highest BCUT2D eigenvalue weighted by Gasteiger charge is 2.58. The number of carbonyl (C=O) groups is 2. The molecule has 2 amide bonds. The van der Waals surface area contributed by atoms with Crippen molar-refractivity contribution < 1.29 is 27.2 Å². The van der Waals surface area contributed by atoms with E-state index in [9.17, 15) is 18.0 Å². The molecule has 2 aliphatic rings. The van der Waals surface area contributed by atoms with Crippen molar-refractivity contribution in [3.05, 3.63) is 54.5 Å². The minimum atomic E-state index is -3.78. The van der Waals surface area contributed by atoms with E-state index in [1.54, 1.807) is 69.7 Å². The number of furan rings is 1. The first kappa shape index (κ1) is 22.5. The normalized spacial score (nSPS) is 24.8. The van der Waals surface area contributed by atoms with E-state index in [1.807, 2.05) is 0 Å². The molecule has 1 aromatic heterocycles. The van der Waals surface area contributed by atoms with Gasteiger partial charge in [-0.3, -0.25) is 4.79 Å². The maximum absolute atomic E-state index is 13.7. The zero-order valence-electron chi connectivity index (χ0n) is 18.5. The highest BCUT2D eigenvalue weighted by Crippen LogP contribution is 2.50. The molecule has 0 saturated carbocycles. The van der Waals surface area contributed by atoms with Crippen molar-refractivity contribution in [2.75, 3.05) is 19.6 Å². The number of likely N-dealkylation sites (tertiary alicyclic amines) is 1. The topological polar surface area (TPSA) is 97.1 Å². The number of ether oxygens (including phenoxy) is 1. The van der Waals surface area contributed by atoms with E-state index in [-0.39, 0.29) is 30.4 Å². The van der Waals surface area contributed by atoms with Crippen molar-refractivity contribution in [3.8, 4) is 0 Å². The molecule has 0 aliphatic carbocycles. The summed E-state index contributed by atoms with van der Waals surface area (Å²) in [5.41, 5.74) is -0.978. The Balaban J connectivity index is 1.69. The number of benzene rings is 1. The molecule has 3 heterocycles. The lowest BCUT2D eigenvalue weighted by molar-refractivity contribution is -0.138. The lowest BCUT2D eigenvalue weighted by Gasteiger charge is -2.43. The van der Waals surface area contributed by atoms with Crippen LogP contribution >= 0.6 is 0 Å². The first-order chi connectivity index (χ1) is 15.0. The molecule has 2 fully saturated rings. The van der Waals surface area contributed by atoms with Gasteiger partial charge in [-0.2, -0.15) is 4.31 Å². The van der Waals surface area contributed by atoms with Crippen LogP contribution < -0.4 is 0 Å². The zero-order valence-corrected chi connectivity index (χ0v) is 19.3. The van der Waals surface area contributed by atoms with Gasteiger partial charge in [0.15, 0.2) is 0 Å². The maximum atomic E-state index is 13.7. The van der Waals surface area contributed by atoms with E-state index < -0.39 is 33.0 Å². The predicted octanol–water partition coefficient (Wildman–Crippen LogP) is 3.61. The third kappa shape index (κ3) is 3.95. The van der Waals surface area contributed by atoms with Gasteiger partial charge in [0.2, 0.25) is 15.9 Å². The molecule has 0 bridgehead atoms. The van der Waals surface area contributed by atoms with Crippen LogP contribution in [0.25, 0.3) is 0 Å². The molecule has 0 N–H and O–H groups in total. The summed E-state index contributed by atoms with van der Waals surface area (Å²) in [4.78, 5) is 27.7. The van der Waals surface area contributed by atoms with Crippen molar-refractivity contribution in [1.29, 1.82) is 0 Å². The molecule has 2 atom stereocenters. The van der Waals surface area contributed by atoms with Gasteiger partial charge in [-0.15, -0.1) is 0 Å². The fourth-order valence-corrected chi connectivity index (χ4v) is 6.25. The van der Waals surface area contributed by atoms with E-state index >= 15 is 0 Å². The molecule has 2 aliphatic heterocycles. The minimum Gasteiger partial charge on any atom is -0.472 e. The summed E-state index contributed by atoms with van der Waals surface area (Å²) in [6.45, 7) is 5.67. The summed E-state index contributed by atoms with van der Waals surface area (Å²) >= 11 is 0. The summed E-state index contributed by atoms with van der Waals surface area (Å²) in [6, 6.07) is 10.0. The molecular weight excluding hydrogens is 432 g/mol. The first-order valence-electron chi connectivity index (χ1n) is 10.7. The Bertz CT molecular complexity index is 1090. The van der Waals surface area contributed by atoms with Gasteiger partial charge >= 0.3 is 6.09 Å². The summed E-state index contributed by atoms with van der Waals surface area (Å²) in [5, 5.41) is 0. The maximum Gasteiger partial charge on any atom is 0.417 e. The monoisotopic (exact) mass is 460 g/mol. The van der Waals surface area contributed by atoms with Crippen molar-refractivity contribution >= 4 is 22.0 Å². The van der Waals surface area contributed by atoms with Gasteiger partial charge in [-0.1, -0.05) is 18.2 Å². The molecule has 2 unspecified atom stereocenters. The van der Waals surface area contributed by atoms with Crippen LogP contribution in [-0.4, -0.2) is 54.9 Å². The van der Waals surface area contributed by atoms with Crippen LogP contribution in [0.3, 0.4) is 0 Å². The van der Waals surface area contributed by atoms with E-state index in [0.717, 1.165) is 10.5 Å². The average molecular weight is 461 g/mol. The Labute approximate surface area is 188 Å². The van der Waals surface area contributed by atoms with Gasteiger partial charge in [0, 0.05) is 25.6 Å².